The Labute approximate surface area is 131 Å². The Morgan fingerprint density at radius 2 is 2.10 bits per heavy atom. The van der Waals surface area contributed by atoms with Gasteiger partial charge in [0, 0.05) is 19.1 Å². The molecule has 1 aromatic heterocycles. The van der Waals surface area contributed by atoms with E-state index in [2.05, 4.69) is 20.5 Å². The summed E-state index contributed by atoms with van der Waals surface area (Å²) in [5, 5.41) is 11.9. The molecule has 2 aromatic rings. The second-order valence-electron chi connectivity index (χ2n) is 5.35. The molecule has 1 aliphatic heterocycles. The first-order valence-corrected chi connectivity index (χ1v) is 7.21. The molecule has 0 amide bonds. The first kappa shape index (κ1) is 15.9. The number of benzene rings is 1. The van der Waals surface area contributed by atoms with E-state index in [9.17, 15) is 0 Å². The second kappa shape index (κ2) is 7.54. The van der Waals surface area contributed by atoms with Gasteiger partial charge in [0.2, 0.25) is 0 Å². The maximum atomic E-state index is 4.29. The molecule has 1 saturated heterocycles. The van der Waals surface area contributed by atoms with Crippen molar-refractivity contribution in [2.24, 2.45) is 0 Å². The molecule has 2 heterocycles. The van der Waals surface area contributed by atoms with Crippen LogP contribution in [0.2, 0.25) is 0 Å². The van der Waals surface area contributed by atoms with Crippen LogP contribution < -0.4 is 5.32 Å². The van der Waals surface area contributed by atoms with Crippen molar-refractivity contribution in [1.29, 1.82) is 0 Å². The lowest BCUT2D eigenvalue weighted by atomic mass is 10.1. The summed E-state index contributed by atoms with van der Waals surface area (Å²) in [4.78, 5) is 2.45. The van der Waals surface area contributed by atoms with Crippen LogP contribution in [0.1, 0.15) is 18.5 Å². The predicted molar refractivity (Wildman–Crippen MR) is 86.0 cm³/mol. The number of aromatic nitrogens is 3. The van der Waals surface area contributed by atoms with Crippen LogP contribution in [-0.2, 0) is 6.54 Å². The van der Waals surface area contributed by atoms with Gasteiger partial charge in [-0.1, -0.05) is 23.4 Å². The summed E-state index contributed by atoms with van der Waals surface area (Å²) in [6.45, 7) is 3.12. The van der Waals surface area contributed by atoms with Gasteiger partial charge in [0.25, 0.3) is 0 Å². The van der Waals surface area contributed by atoms with E-state index in [-0.39, 0.29) is 12.4 Å². The number of piperidine rings is 1. The molecule has 0 saturated carbocycles. The van der Waals surface area contributed by atoms with Crippen molar-refractivity contribution in [3.05, 3.63) is 42.2 Å². The number of nitrogens with zero attached hydrogens (tertiary/aromatic N) is 4. The van der Waals surface area contributed by atoms with Crippen molar-refractivity contribution in [3.63, 3.8) is 0 Å². The highest BCUT2D eigenvalue weighted by molar-refractivity contribution is 5.85. The highest BCUT2D eigenvalue weighted by Crippen LogP contribution is 2.13. The Morgan fingerprint density at radius 3 is 2.86 bits per heavy atom. The normalized spacial score (nSPS) is 19.2. The molecule has 0 aliphatic carbocycles. The maximum absolute atomic E-state index is 4.29. The van der Waals surface area contributed by atoms with Gasteiger partial charge >= 0.3 is 0 Å². The van der Waals surface area contributed by atoms with Crippen LogP contribution in [0, 0.1) is 0 Å². The number of hydrogen-bond donors (Lipinski definition) is 1. The van der Waals surface area contributed by atoms with Crippen LogP contribution in [0.4, 0.5) is 0 Å². The van der Waals surface area contributed by atoms with Gasteiger partial charge in [-0.3, -0.25) is 4.90 Å². The molecular formula is C15H22ClN5. The molecule has 5 nitrogen and oxygen atoms in total. The number of rotatable bonds is 4. The molecule has 0 bridgehead atoms. The number of nitrogens with one attached hydrogen (secondary N) is 1. The molecule has 21 heavy (non-hydrogen) atoms. The summed E-state index contributed by atoms with van der Waals surface area (Å²) >= 11 is 0. The topological polar surface area (TPSA) is 46.0 Å². The Balaban J connectivity index is 0.00000161. The van der Waals surface area contributed by atoms with Gasteiger partial charge in [-0.25, -0.2) is 4.68 Å². The SMILES string of the molecule is CNC1CCCN(Cc2cn(-c3ccccc3)nn2)C1.Cl. The highest BCUT2D eigenvalue weighted by Gasteiger charge is 2.19. The van der Waals surface area contributed by atoms with E-state index < -0.39 is 0 Å². The molecule has 1 atom stereocenters. The fourth-order valence-corrected chi connectivity index (χ4v) is 2.74. The minimum Gasteiger partial charge on any atom is -0.316 e. The van der Waals surface area contributed by atoms with Crippen molar-refractivity contribution in [1.82, 2.24) is 25.2 Å². The number of para-hydroxylation sites is 1. The summed E-state index contributed by atoms with van der Waals surface area (Å²) < 4.78 is 1.84. The summed E-state index contributed by atoms with van der Waals surface area (Å²) in [6, 6.07) is 10.7. The standard InChI is InChI=1S/C15H21N5.ClH/c1-16-13-6-5-9-19(10-13)11-14-12-20(18-17-14)15-7-3-2-4-8-15;/h2-4,7-8,12-13,16H,5-6,9-11H2,1H3;1H. The summed E-state index contributed by atoms with van der Waals surface area (Å²) in [5.74, 6) is 0. The lowest BCUT2D eigenvalue weighted by Crippen LogP contribution is -2.43. The van der Waals surface area contributed by atoms with E-state index in [0.717, 1.165) is 31.0 Å². The van der Waals surface area contributed by atoms with Gasteiger partial charge in [0.05, 0.1) is 17.6 Å². The van der Waals surface area contributed by atoms with Crippen LogP contribution >= 0.6 is 12.4 Å². The van der Waals surface area contributed by atoms with Crippen molar-refractivity contribution >= 4 is 12.4 Å². The third-order valence-corrected chi connectivity index (χ3v) is 3.86. The number of hydrogen-bond acceptors (Lipinski definition) is 4. The van der Waals surface area contributed by atoms with Gasteiger partial charge < -0.3 is 5.32 Å². The molecule has 1 unspecified atom stereocenters. The fourth-order valence-electron chi connectivity index (χ4n) is 2.74. The lowest BCUT2D eigenvalue weighted by Gasteiger charge is -2.31. The molecule has 0 radical (unpaired) electrons. The van der Waals surface area contributed by atoms with Crippen LogP contribution in [0.25, 0.3) is 5.69 Å². The lowest BCUT2D eigenvalue weighted by molar-refractivity contribution is 0.186. The van der Waals surface area contributed by atoms with Crippen LogP contribution in [0.15, 0.2) is 36.5 Å². The molecule has 1 aliphatic rings. The largest absolute Gasteiger partial charge is 0.316 e. The maximum Gasteiger partial charge on any atom is 0.0971 e. The highest BCUT2D eigenvalue weighted by atomic mass is 35.5. The first-order chi connectivity index (χ1) is 9.85. The van der Waals surface area contributed by atoms with Gasteiger partial charge in [0.1, 0.15) is 0 Å². The zero-order valence-corrected chi connectivity index (χ0v) is 13.1. The van der Waals surface area contributed by atoms with E-state index >= 15 is 0 Å². The summed E-state index contributed by atoms with van der Waals surface area (Å²) in [7, 11) is 2.04. The van der Waals surface area contributed by atoms with Crippen LogP contribution in [0.5, 0.6) is 0 Å². The molecule has 114 valence electrons. The molecule has 1 aromatic carbocycles. The third kappa shape index (κ3) is 4.03. The minimum absolute atomic E-state index is 0. The van der Waals surface area contributed by atoms with Gasteiger partial charge in [-0.2, -0.15) is 0 Å². The Bertz CT molecular complexity index is 542. The van der Waals surface area contributed by atoms with Crippen LogP contribution in [-0.4, -0.2) is 46.1 Å². The zero-order valence-electron chi connectivity index (χ0n) is 12.3. The van der Waals surface area contributed by atoms with Gasteiger partial charge in [0.15, 0.2) is 0 Å². The minimum atomic E-state index is 0. The van der Waals surface area contributed by atoms with E-state index in [4.69, 9.17) is 0 Å². The smallest absolute Gasteiger partial charge is 0.0971 e. The average Bonchev–Trinajstić information content (AvgIpc) is 2.97. The molecule has 1 fully saturated rings. The fraction of sp³-hybridized carbons (Fsp3) is 0.467. The Kier molecular flexibility index (Phi) is 5.73. The summed E-state index contributed by atoms with van der Waals surface area (Å²) in [5.41, 5.74) is 2.09. The Hall–Kier alpha value is -1.43. The van der Waals surface area contributed by atoms with Crippen molar-refractivity contribution in [3.8, 4) is 5.69 Å². The van der Waals surface area contributed by atoms with E-state index in [1.165, 1.54) is 12.8 Å². The summed E-state index contributed by atoms with van der Waals surface area (Å²) in [6.07, 6.45) is 4.54. The first-order valence-electron chi connectivity index (χ1n) is 7.21. The number of halogens is 1. The quantitative estimate of drug-likeness (QED) is 0.937. The van der Waals surface area contributed by atoms with E-state index in [0.29, 0.717) is 6.04 Å². The second-order valence-corrected chi connectivity index (χ2v) is 5.35. The van der Waals surface area contributed by atoms with Crippen molar-refractivity contribution in [2.75, 3.05) is 20.1 Å². The molecule has 6 heteroatoms. The monoisotopic (exact) mass is 307 g/mol. The van der Waals surface area contributed by atoms with Crippen molar-refractivity contribution in [2.45, 2.75) is 25.4 Å². The molecule has 1 N–H and O–H groups in total. The zero-order chi connectivity index (χ0) is 13.8. The number of likely N-dealkylation sites (N-methyl/N-ethyl adjacent to an activating group) is 1. The Morgan fingerprint density at radius 1 is 1.29 bits per heavy atom. The number of likely N-dealkylation sites (tertiary alicyclic amines) is 1. The predicted octanol–water partition coefficient (Wildman–Crippen LogP) is 1.87. The van der Waals surface area contributed by atoms with Gasteiger partial charge in [-0.15, -0.1) is 17.5 Å². The van der Waals surface area contributed by atoms with Crippen molar-refractivity contribution < 1.29 is 0 Å². The third-order valence-electron chi connectivity index (χ3n) is 3.86. The molecular weight excluding hydrogens is 286 g/mol. The average molecular weight is 308 g/mol. The molecule has 0 spiro atoms. The molecule has 3 rings (SSSR count). The van der Waals surface area contributed by atoms with E-state index in [1.807, 2.05) is 48.3 Å². The van der Waals surface area contributed by atoms with Crippen LogP contribution in [0.3, 0.4) is 0 Å². The van der Waals surface area contributed by atoms with Gasteiger partial charge in [-0.05, 0) is 38.6 Å². The van der Waals surface area contributed by atoms with E-state index in [1.54, 1.807) is 0 Å².